The van der Waals surface area contributed by atoms with Crippen LogP contribution >= 0.6 is 0 Å². The zero-order valence-corrected chi connectivity index (χ0v) is 15.3. The summed E-state index contributed by atoms with van der Waals surface area (Å²) in [7, 11) is 0. The molecule has 0 bridgehead atoms. The molecule has 0 aliphatic carbocycles. The molecule has 0 heterocycles. The van der Waals surface area contributed by atoms with E-state index in [2.05, 4.69) is 9.47 Å². The number of halogens is 6. The molecule has 0 amide bonds. The molecule has 0 fully saturated rings. The molecule has 2 rings (SSSR count). The van der Waals surface area contributed by atoms with E-state index >= 15 is 0 Å². The van der Waals surface area contributed by atoms with Crippen LogP contribution in [-0.2, 0) is 9.59 Å². The number of carbonyl (C=O) groups is 2. The Balaban J connectivity index is 1.97. The van der Waals surface area contributed by atoms with E-state index < -0.39 is 45.2 Å². The predicted molar refractivity (Wildman–Crippen MR) is 81.3 cm³/mol. The van der Waals surface area contributed by atoms with Crippen molar-refractivity contribution in [2.45, 2.75) is 12.4 Å². The number of esters is 2. The molecule has 2 aromatic carbocycles. The molecule has 0 radical (unpaired) electrons. The first-order valence-electron chi connectivity index (χ1n) is 6.91. The van der Waals surface area contributed by atoms with Crippen LogP contribution in [0.5, 0.6) is 11.5 Å². The fraction of sp³-hybridized carbons (Fsp3) is 0.125. The van der Waals surface area contributed by atoms with Gasteiger partial charge in [0.25, 0.3) is 0 Å². The van der Waals surface area contributed by atoms with Gasteiger partial charge in [0.2, 0.25) is 0 Å². The summed E-state index contributed by atoms with van der Waals surface area (Å²) in [6.45, 7) is 0. The van der Waals surface area contributed by atoms with Crippen molar-refractivity contribution in [2.75, 3.05) is 0 Å². The van der Waals surface area contributed by atoms with Gasteiger partial charge in [-0.05, 0) is 0 Å². The first-order valence-corrected chi connectivity index (χ1v) is 9.24. The summed E-state index contributed by atoms with van der Waals surface area (Å²) in [5, 5.41) is 0. The number of carbonyl (C=O) groups excluding carboxylic acids is 2. The van der Waals surface area contributed by atoms with Gasteiger partial charge in [-0.1, -0.05) is 0 Å². The normalized spacial score (nSPS) is 11.8. The maximum absolute atomic E-state index is 12.1. The summed E-state index contributed by atoms with van der Waals surface area (Å²) >= 11 is -1.01. The number of alkyl halides is 6. The average molecular weight is 506 g/mol. The molecule has 2 aromatic rings. The van der Waals surface area contributed by atoms with Crippen molar-refractivity contribution in [2.24, 2.45) is 0 Å². The minimum atomic E-state index is -5.09. The number of hydrogen-bond acceptors (Lipinski definition) is 4. The molecule has 144 valence electrons. The van der Waals surface area contributed by atoms with Crippen molar-refractivity contribution in [1.82, 2.24) is 0 Å². The Morgan fingerprint density at radius 2 is 0.926 bits per heavy atom. The number of benzene rings is 2. The average Bonchev–Trinajstić information content (AvgIpc) is 2.56. The molecule has 0 saturated heterocycles. The molecular formula is C16H8F6O4Te. The number of ether oxygens (including phenoxy) is 2. The van der Waals surface area contributed by atoms with Crippen LogP contribution in [0.25, 0.3) is 0 Å². The first-order chi connectivity index (χ1) is 12.4. The van der Waals surface area contributed by atoms with Gasteiger partial charge in [-0.3, -0.25) is 0 Å². The van der Waals surface area contributed by atoms with Crippen LogP contribution in [-0.4, -0.2) is 45.2 Å². The van der Waals surface area contributed by atoms with Crippen molar-refractivity contribution in [3.8, 4) is 11.5 Å². The van der Waals surface area contributed by atoms with Gasteiger partial charge in [-0.2, -0.15) is 0 Å². The topological polar surface area (TPSA) is 52.6 Å². The monoisotopic (exact) mass is 508 g/mol. The van der Waals surface area contributed by atoms with Gasteiger partial charge >= 0.3 is 158 Å². The van der Waals surface area contributed by atoms with E-state index in [1.807, 2.05) is 0 Å². The van der Waals surface area contributed by atoms with Crippen LogP contribution in [0, 0.1) is 0 Å². The van der Waals surface area contributed by atoms with Crippen molar-refractivity contribution in [1.29, 1.82) is 0 Å². The number of hydrogen-bond donors (Lipinski definition) is 0. The second-order valence-electron chi connectivity index (χ2n) is 4.82. The first kappa shape index (κ1) is 21.1. The van der Waals surface area contributed by atoms with Crippen LogP contribution in [0.2, 0.25) is 0 Å². The van der Waals surface area contributed by atoms with Gasteiger partial charge in [-0.15, -0.1) is 0 Å². The number of rotatable bonds is 4. The fourth-order valence-electron chi connectivity index (χ4n) is 1.62. The molecule has 0 N–H and O–H groups in total. The fourth-order valence-corrected chi connectivity index (χ4v) is 3.95. The molecule has 0 spiro atoms. The summed E-state index contributed by atoms with van der Waals surface area (Å²) in [5.74, 6) is -5.17. The second kappa shape index (κ2) is 8.19. The molecule has 0 aliphatic heterocycles. The van der Waals surface area contributed by atoms with Gasteiger partial charge in [0, 0.05) is 0 Å². The maximum atomic E-state index is 12.1. The van der Waals surface area contributed by atoms with E-state index in [9.17, 15) is 35.9 Å². The SMILES string of the molecule is O=C(Oc1ccc([Te]c2ccc(OC(=O)C(F)(F)F)cc2)cc1)C(F)(F)F. The van der Waals surface area contributed by atoms with Crippen LogP contribution in [0.1, 0.15) is 0 Å². The Morgan fingerprint density at radius 1 is 0.630 bits per heavy atom. The van der Waals surface area contributed by atoms with Gasteiger partial charge in [0.15, 0.2) is 0 Å². The van der Waals surface area contributed by atoms with Crippen LogP contribution in [0.15, 0.2) is 48.5 Å². The molecular weight excluding hydrogens is 498 g/mol. The molecule has 11 heteroatoms. The minimum absolute atomic E-state index is 0.261. The molecule has 0 saturated carbocycles. The van der Waals surface area contributed by atoms with Crippen molar-refractivity contribution in [3.05, 3.63) is 48.5 Å². The van der Waals surface area contributed by atoms with Crippen LogP contribution < -0.4 is 16.7 Å². The van der Waals surface area contributed by atoms with Gasteiger partial charge in [0.1, 0.15) is 0 Å². The van der Waals surface area contributed by atoms with E-state index in [4.69, 9.17) is 0 Å². The summed E-state index contributed by atoms with van der Waals surface area (Å²) in [6, 6.07) is 10.8. The molecule has 0 aromatic heterocycles. The Morgan fingerprint density at radius 3 is 1.19 bits per heavy atom. The summed E-state index contributed by atoms with van der Waals surface area (Å²) in [4.78, 5) is 21.5. The molecule has 4 nitrogen and oxygen atoms in total. The van der Waals surface area contributed by atoms with Gasteiger partial charge in [0.05, 0.1) is 0 Å². The summed E-state index contributed by atoms with van der Waals surface area (Å²) < 4.78 is 82.6. The van der Waals surface area contributed by atoms with E-state index in [0.717, 1.165) is 7.22 Å². The standard InChI is InChI=1S/C16H8F6O4Te/c17-15(18,19)13(23)25-9-1-5-11(6-2-9)27-12-7-3-10(4-8-12)26-14(24)16(20,21)22/h1-8H. The van der Waals surface area contributed by atoms with Gasteiger partial charge < -0.3 is 0 Å². The summed E-state index contributed by atoms with van der Waals surface area (Å²) in [6.07, 6.45) is -10.2. The van der Waals surface area contributed by atoms with Crippen LogP contribution in [0.4, 0.5) is 26.3 Å². The van der Waals surface area contributed by atoms with Crippen LogP contribution in [0.3, 0.4) is 0 Å². The van der Waals surface area contributed by atoms with E-state index in [-0.39, 0.29) is 11.5 Å². The quantitative estimate of drug-likeness (QED) is 0.277. The third kappa shape index (κ3) is 6.45. The Labute approximate surface area is 158 Å². The van der Waals surface area contributed by atoms with Crippen molar-refractivity contribution < 1.29 is 45.4 Å². The molecule has 27 heavy (non-hydrogen) atoms. The zero-order valence-electron chi connectivity index (χ0n) is 12.9. The van der Waals surface area contributed by atoms with Crippen molar-refractivity contribution >= 4 is 40.1 Å². The van der Waals surface area contributed by atoms with E-state index in [0.29, 0.717) is 0 Å². The molecule has 0 unspecified atom stereocenters. The predicted octanol–water partition coefficient (Wildman–Crippen LogP) is 2.28. The third-order valence-corrected chi connectivity index (χ3v) is 5.67. The molecule has 0 aliphatic rings. The zero-order chi connectivity index (χ0) is 20.2. The van der Waals surface area contributed by atoms with Gasteiger partial charge in [-0.25, -0.2) is 0 Å². The molecule has 0 atom stereocenters. The third-order valence-electron chi connectivity index (χ3n) is 2.77. The Bertz CT molecular complexity index is 743. The Hall–Kier alpha value is -2.25. The van der Waals surface area contributed by atoms with E-state index in [1.54, 1.807) is 0 Å². The Kier molecular flexibility index (Phi) is 6.38. The van der Waals surface area contributed by atoms with E-state index in [1.165, 1.54) is 48.5 Å². The second-order valence-corrected chi connectivity index (χ2v) is 8.09. The van der Waals surface area contributed by atoms with Crippen molar-refractivity contribution in [3.63, 3.8) is 0 Å². The summed E-state index contributed by atoms with van der Waals surface area (Å²) in [5.41, 5.74) is 0.